The summed E-state index contributed by atoms with van der Waals surface area (Å²) < 4.78 is 31.2. The molecule has 0 radical (unpaired) electrons. The molecule has 9 heteroatoms. The normalized spacial score (nSPS) is 15.0. The van der Waals surface area contributed by atoms with E-state index in [0.29, 0.717) is 23.7 Å². The van der Waals surface area contributed by atoms with E-state index in [1.165, 1.54) is 11.0 Å². The summed E-state index contributed by atoms with van der Waals surface area (Å²) in [5, 5.41) is 19.9. The van der Waals surface area contributed by atoms with E-state index in [1.807, 2.05) is 12.1 Å². The molecule has 4 rings (SSSR count). The van der Waals surface area contributed by atoms with Gasteiger partial charge in [0.25, 0.3) is 5.92 Å². The van der Waals surface area contributed by atoms with Gasteiger partial charge < -0.3 is 10.1 Å². The Kier molecular flexibility index (Phi) is 5.62. The largest absolute Gasteiger partial charge is 0.490 e. The van der Waals surface area contributed by atoms with Gasteiger partial charge in [0.1, 0.15) is 11.9 Å². The molecule has 0 saturated heterocycles. The second kappa shape index (κ2) is 8.52. The highest BCUT2D eigenvalue weighted by atomic mass is 19.3. The average molecular weight is 423 g/mol. The van der Waals surface area contributed by atoms with Gasteiger partial charge in [0, 0.05) is 12.8 Å². The van der Waals surface area contributed by atoms with Crippen LogP contribution in [0.4, 0.5) is 14.6 Å². The smallest absolute Gasteiger partial charge is 0.255 e. The van der Waals surface area contributed by atoms with Crippen LogP contribution in [0.25, 0.3) is 0 Å². The zero-order chi connectivity index (χ0) is 21.8. The minimum Gasteiger partial charge on any atom is -0.490 e. The first-order valence-electron chi connectivity index (χ1n) is 9.71. The molecule has 1 fully saturated rings. The van der Waals surface area contributed by atoms with Crippen LogP contribution >= 0.6 is 0 Å². The third kappa shape index (κ3) is 5.42. The zero-order valence-corrected chi connectivity index (χ0v) is 16.5. The van der Waals surface area contributed by atoms with Gasteiger partial charge in [-0.3, -0.25) is 4.79 Å². The summed E-state index contributed by atoms with van der Waals surface area (Å²) in [6.45, 7) is 0.413. The van der Waals surface area contributed by atoms with Crippen molar-refractivity contribution in [2.75, 3.05) is 5.32 Å². The molecule has 1 aromatic heterocycles. The summed E-state index contributed by atoms with van der Waals surface area (Å²) in [6, 6.07) is 16.0. The second-order valence-electron chi connectivity index (χ2n) is 7.44. The Morgan fingerprint density at radius 3 is 2.48 bits per heavy atom. The quantitative estimate of drug-likeness (QED) is 0.627. The lowest BCUT2D eigenvalue weighted by atomic mass is 9.91. The average Bonchev–Trinajstić information content (AvgIpc) is 3.15. The van der Waals surface area contributed by atoms with E-state index in [0.717, 1.165) is 11.1 Å². The Bertz CT molecular complexity index is 1100. The number of ether oxygens (including phenoxy) is 1. The van der Waals surface area contributed by atoms with Gasteiger partial charge in [0.05, 0.1) is 30.8 Å². The molecule has 1 saturated carbocycles. The Hall–Kier alpha value is -3.80. The van der Waals surface area contributed by atoms with Crippen molar-refractivity contribution in [3.05, 3.63) is 71.4 Å². The highest BCUT2D eigenvalue weighted by Gasteiger charge is 2.46. The van der Waals surface area contributed by atoms with Crippen LogP contribution in [0, 0.1) is 11.3 Å². The number of carbonyl (C=O) groups is 1. The lowest BCUT2D eigenvalue weighted by Crippen LogP contribution is -2.43. The Balaban J connectivity index is 1.26. The molecule has 1 amide bonds. The van der Waals surface area contributed by atoms with E-state index >= 15 is 0 Å². The molecular weight excluding hydrogens is 404 g/mol. The van der Waals surface area contributed by atoms with Gasteiger partial charge in [-0.2, -0.15) is 15.2 Å². The van der Waals surface area contributed by atoms with Gasteiger partial charge in [0.15, 0.2) is 5.82 Å². The third-order valence-electron chi connectivity index (χ3n) is 4.85. The maximum Gasteiger partial charge on any atom is 0.255 e. The summed E-state index contributed by atoms with van der Waals surface area (Å²) in [7, 11) is 0. The molecule has 3 aromatic rings. The minimum atomic E-state index is -2.62. The molecule has 1 N–H and O–H groups in total. The molecule has 0 spiro atoms. The Morgan fingerprint density at radius 1 is 1.16 bits per heavy atom. The van der Waals surface area contributed by atoms with Gasteiger partial charge in [-0.25, -0.2) is 8.78 Å². The van der Waals surface area contributed by atoms with Crippen molar-refractivity contribution < 1.29 is 18.3 Å². The van der Waals surface area contributed by atoms with Crippen molar-refractivity contribution in [2.24, 2.45) is 0 Å². The lowest BCUT2D eigenvalue weighted by Gasteiger charge is -2.34. The Labute approximate surface area is 177 Å². The number of amides is 1. The second-order valence-corrected chi connectivity index (χ2v) is 7.44. The van der Waals surface area contributed by atoms with E-state index in [9.17, 15) is 13.6 Å². The highest BCUT2D eigenvalue weighted by Crippen LogP contribution is 2.39. The number of rotatable bonds is 7. The Morgan fingerprint density at radius 2 is 1.84 bits per heavy atom. The molecule has 1 aliphatic carbocycles. The van der Waals surface area contributed by atoms with Gasteiger partial charge in [0.2, 0.25) is 5.91 Å². The topological polar surface area (TPSA) is 92.8 Å². The van der Waals surface area contributed by atoms with Crippen LogP contribution in [0.3, 0.4) is 0 Å². The molecule has 0 aliphatic heterocycles. The number of anilines is 1. The number of alkyl halides is 2. The number of hydrogen-bond donors (Lipinski definition) is 1. The summed E-state index contributed by atoms with van der Waals surface area (Å²) in [6.07, 6.45) is 0.611. The first-order valence-corrected chi connectivity index (χ1v) is 9.71. The van der Waals surface area contributed by atoms with E-state index in [4.69, 9.17) is 10.00 Å². The van der Waals surface area contributed by atoms with Crippen molar-refractivity contribution in [3.8, 4) is 11.8 Å². The van der Waals surface area contributed by atoms with Gasteiger partial charge in [-0.1, -0.05) is 24.3 Å². The number of nitriles is 1. The fourth-order valence-electron chi connectivity index (χ4n) is 3.22. The molecule has 0 atom stereocenters. The molecule has 31 heavy (non-hydrogen) atoms. The number of nitrogens with one attached hydrogen (secondary N) is 1. The predicted octanol–water partition coefficient (Wildman–Crippen LogP) is 3.56. The predicted molar refractivity (Wildman–Crippen MR) is 108 cm³/mol. The summed E-state index contributed by atoms with van der Waals surface area (Å²) >= 11 is 0. The van der Waals surface area contributed by atoms with Crippen LogP contribution in [0.15, 0.2) is 54.7 Å². The number of nitrogens with zero attached hydrogens (tertiary/aromatic N) is 4. The van der Waals surface area contributed by atoms with Crippen molar-refractivity contribution in [3.63, 3.8) is 0 Å². The number of hydrogen-bond acceptors (Lipinski definition) is 5. The fourth-order valence-corrected chi connectivity index (χ4v) is 3.22. The molecule has 7 nitrogen and oxygen atoms in total. The summed E-state index contributed by atoms with van der Waals surface area (Å²) in [5.41, 5.74) is 2.27. The molecule has 2 aromatic carbocycles. The molecule has 158 valence electrons. The van der Waals surface area contributed by atoms with Crippen LogP contribution in [0.2, 0.25) is 0 Å². The minimum absolute atomic E-state index is 0.129. The first-order chi connectivity index (χ1) is 14.9. The first kappa shape index (κ1) is 20.5. The van der Waals surface area contributed by atoms with Crippen molar-refractivity contribution in [1.29, 1.82) is 5.26 Å². The number of benzene rings is 2. The van der Waals surface area contributed by atoms with Gasteiger partial charge in [-0.15, -0.1) is 5.10 Å². The standard InChI is InChI=1S/C22H19F2N5O2/c23-22(24)10-19(11-22)31-18-7-5-15(6-8-18)9-21(30)27-20-13-26-29(28-20)14-17-3-1-16(12-25)2-4-17/h1-8,13,19H,9-11,14H2,(H,27,28,30). The molecule has 0 unspecified atom stereocenters. The van der Waals surface area contributed by atoms with Crippen LogP contribution in [-0.2, 0) is 17.8 Å². The van der Waals surface area contributed by atoms with Crippen LogP contribution in [0.1, 0.15) is 29.5 Å². The zero-order valence-electron chi connectivity index (χ0n) is 16.5. The van der Waals surface area contributed by atoms with Crippen LogP contribution in [-0.4, -0.2) is 32.9 Å². The van der Waals surface area contributed by atoms with Gasteiger partial charge >= 0.3 is 0 Å². The monoisotopic (exact) mass is 423 g/mol. The van der Waals surface area contributed by atoms with E-state index < -0.39 is 12.0 Å². The van der Waals surface area contributed by atoms with E-state index in [1.54, 1.807) is 36.4 Å². The van der Waals surface area contributed by atoms with Crippen molar-refractivity contribution in [1.82, 2.24) is 15.0 Å². The van der Waals surface area contributed by atoms with Gasteiger partial charge in [-0.05, 0) is 35.4 Å². The molecule has 0 bridgehead atoms. The van der Waals surface area contributed by atoms with Crippen LogP contribution in [0.5, 0.6) is 5.75 Å². The molecule has 1 heterocycles. The third-order valence-corrected chi connectivity index (χ3v) is 4.85. The summed E-state index contributed by atoms with van der Waals surface area (Å²) in [5.74, 6) is -2.02. The van der Waals surface area contributed by atoms with Crippen LogP contribution < -0.4 is 10.1 Å². The van der Waals surface area contributed by atoms with Crippen molar-refractivity contribution in [2.45, 2.75) is 37.8 Å². The maximum atomic E-state index is 12.9. The fraction of sp³-hybridized carbons (Fsp3) is 0.273. The maximum absolute atomic E-state index is 12.9. The van der Waals surface area contributed by atoms with Crippen molar-refractivity contribution >= 4 is 11.7 Å². The lowest BCUT2D eigenvalue weighted by molar-refractivity contribution is -0.134. The number of halogens is 2. The van der Waals surface area contributed by atoms with E-state index in [2.05, 4.69) is 21.6 Å². The van der Waals surface area contributed by atoms with E-state index in [-0.39, 0.29) is 25.2 Å². The summed E-state index contributed by atoms with van der Waals surface area (Å²) in [4.78, 5) is 13.7. The molecular formula is C22H19F2N5O2. The SMILES string of the molecule is N#Cc1ccc(Cn2ncc(NC(=O)Cc3ccc(OC4CC(F)(F)C4)cc3)n2)cc1. The molecule has 1 aliphatic rings. The highest BCUT2D eigenvalue weighted by molar-refractivity contribution is 5.91. The number of aromatic nitrogens is 3. The number of carbonyl (C=O) groups excluding carboxylic acids is 1.